The van der Waals surface area contributed by atoms with Gasteiger partial charge in [0.1, 0.15) is 5.75 Å². The molecule has 0 heterocycles. The van der Waals surface area contributed by atoms with Gasteiger partial charge in [-0.05, 0) is 44.4 Å². The van der Waals surface area contributed by atoms with Gasteiger partial charge in [-0.25, -0.2) is 0 Å². The Labute approximate surface area is 120 Å². The van der Waals surface area contributed by atoms with Crippen molar-refractivity contribution >= 4 is 5.78 Å². The lowest BCUT2D eigenvalue weighted by molar-refractivity contribution is -0.158. The molecule has 0 N–H and O–H groups in total. The second-order valence-electron chi connectivity index (χ2n) is 4.81. The first-order chi connectivity index (χ1) is 9.71. The van der Waals surface area contributed by atoms with Crippen molar-refractivity contribution in [3.63, 3.8) is 0 Å². The topological polar surface area (TPSA) is 44.8 Å². The van der Waals surface area contributed by atoms with E-state index in [-0.39, 0.29) is 11.7 Å². The molecule has 1 aliphatic rings. The standard InChI is InChI=1S/C16H22O4/c1-4-19-16(20-5-2)13-9-7-11-6-8-12(18-3)10-14(11)15(13)17/h6,8,10,13,16H,4-5,7,9H2,1-3H3. The van der Waals surface area contributed by atoms with Crippen LogP contribution in [0.4, 0.5) is 0 Å². The van der Waals surface area contributed by atoms with E-state index >= 15 is 0 Å². The van der Waals surface area contributed by atoms with E-state index in [0.29, 0.717) is 19.0 Å². The van der Waals surface area contributed by atoms with Gasteiger partial charge in [-0.1, -0.05) is 6.07 Å². The van der Waals surface area contributed by atoms with E-state index < -0.39 is 6.29 Å². The van der Waals surface area contributed by atoms with Crippen LogP contribution in [-0.4, -0.2) is 32.4 Å². The van der Waals surface area contributed by atoms with Crippen molar-refractivity contribution in [1.82, 2.24) is 0 Å². The molecule has 0 radical (unpaired) electrons. The van der Waals surface area contributed by atoms with Gasteiger partial charge in [0, 0.05) is 18.8 Å². The number of fused-ring (bicyclic) bond motifs is 1. The van der Waals surface area contributed by atoms with E-state index in [1.54, 1.807) is 7.11 Å². The van der Waals surface area contributed by atoms with E-state index in [4.69, 9.17) is 14.2 Å². The van der Waals surface area contributed by atoms with Crippen molar-refractivity contribution in [2.45, 2.75) is 33.0 Å². The molecule has 0 aliphatic heterocycles. The molecule has 1 aliphatic carbocycles. The third kappa shape index (κ3) is 3.02. The Kier molecular flexibility index (Phi) is 5.15. The van der Waals surface area contributed by atoms with Crippen LogP contribution in [0.5, 0.6) is 5.75 Å². The molecule has 110 valence electrons. The molecule has 0 spiro atoms. The average molecular weight is 278 g/mol. The normalized spacial score (nSPS) is 18.2. The number of rotatable bonds is 6. The molecule has 2 rings (SSSR count). The van der Waals surface area contributed by atoms with E-state index in [1.807, 2.05) is 32.0 Å². The zero-order valence-electron chi connectivity index (χ0n) is 12.3. The van der Waals surface area contributed by atoms with Crippen molar-refractivity contribution in [3.8, 4) is 5.75 Å². The summed E-state index contributed by atoms with van der Waals surface area (Å²) < 4.78 is 16.4. The molecule has 1 unspecified atom stereocenters. The van der Waals surface area contributed by atoms with Gasteiger partial charge in [0.25, 0.3) is 0 Å². The number of carbonyl (C=O) groups excluding carboxylic acids is 1. The minimum atomic E-state index is -0.447. The number of aryl methyl sites for hydroxylation is 1. The number of benzene rings is 1. The summed E-state index contributed by atoms with van der Waals surface area (Å²) in [6.45, 7) is 4.91. The highest BCUT2D eigenvalue weighted by atomic mass is 16.7. The maximum absolute atomic E-state index is 12.7. The summed E-state index contributed by atoms with van der Waals surface area (Å²) in [6, 6.07) is 5.69. The Bertz CT molecular complexity index is 464. The van der Waals surface area contributed by atoms with Crippen LogP contribution < -0.4 is 4.74 Å². The van der Waals surface area contributed by atoms with Gasteiger partial charge in [-0.3, -0.25) is 4.79 Å². The monoisotopic (exact) mass is 278 g/mol. The van der Waals surface area contributed by atoms with Crippen LogP contribution >= 0.6 is 0 Å². The summed E-state index contributed by atoms with van der Waals surface area (Å²) in [5, 5.41) is 0. The fourth-order valence-corrected chi connectivity index (χ4v) is 2.64. The van der Waals surface area contributed by atoms with Gasteiger partial charge in [0.05, 0.1) is 13.0 Å². The van der Waals surface area contributed by atoms with Crippen LogP contribution in [0.2, 0.25) is 0 Å². The largest absolute Gasteiger partial charge is 0.497 e. The molecule has 4 nitrogen and oxygen atoms in total. The Morgan fingerprint density at radius 3 is 2.55 bits per heavy atom. The zero-order valence-corrected chi connectivity index (χ0v) is 12.3. The van der Waals surface area contributed by atoms with Gasteiger partial charge in [-0.15, -0.1) is 0 Å². The predicted octanol–water partition coefficient (Wildman–Crippen LogP) is 2.84. The number of methoxy groups -OCH3 is 1. The third-order valence-corrected chi connectivity index (χ3v) is 3.63. The van der Waals surface area contributed by atoms with E-state index in [2.05, 4.69) is 0 Å². The summed E-state index contributed by atoms with van der Waals surface area (Å²) in [6.07, 6.45) is 1.19. The lowest BCUT2D eigenvalue weighted by atomic mass is 9.82. The number of hydrogen-bond donors (Lipinski definition) is 0. The van der Waals surface area contributed by atoms with Gasteiger partial charge in [0.15, 0.2) is 12.1 Å². The molecule has 1 aromatic carbocycles. The van der Waals surface area contributed by atoms with Crippen molar-refractivity contribution in [1.29, 1.82) is 0 Å². The summed E-state index contributed by atoms with van der Waals surface area (Å²) in [4.78, 5) is 12.7. The van der Waals surface area contributed by atoms with Crippen LogP contribution in [0.15, 0.2) is 18.2 Å². The molecule has 20 heavy (non-hydrogen) atoms. The molecule has 4 heteroatoms. The van der Waals surface area contributed by atoms with Gasteiger partial charge in [0.2, 0.25) is 0 Å². The maximum Gasteiger partial charge on any atom is 0.171 e. The lowest BCUT2D eigenvalue weighted by Gasteiger charge is -2.29. The number of hydrogen-bond acceptors (Lipinski definition) is 4. The van der Waals surface area contributed by atoms with E-state index in [0.717, 1.165) is 24.0 Å². The number of carbonyl (C=O) groups is 1. The second-order valence-corrected chi connectivity index (χ2v) is 4.81. The van der Waals surface area contributed by atoms with Crippen molar-refractivity contribution < 1.29 is 19.0 Å². The van der Waals surface area contributed by atoms with Gasteiger partial charge >= 0.3 is 0 Å². The Morgan fingerprint density at radius 2 is 1.95 bits per heavy atom. The van der Waals surface area contributed by atoms with Crippen molar-refractivity contribution in [3.05, 3.63) is 29.3 Å². The lowest BCUT2D eigenvalue weighted by Crippen LogP contribution is -2.36. The summed E-state index contributed by atoms with van der Waals surface area (Å²) in [5.74, 6) is 0.577. The van der Waals surface area contributed by atoms with Crippen LogP contribution in [-0.2, 0) is 15.9 Å². The molecule has 0 amide bonds. The summed E-state index contributed by atoms with van der Waals surface area (Å²) in [5.41, 5.74) is 1.82. The fourth-order valence-electron chi connectivity index (χ4n) is 2.64. The molecular weight excluding hydrogens is 256 g/mol. The van der Waals surface area contributed by atoms with Gasteiger partial charge in [-0.2, -0.15) is 0 Å². The minimum absolute atomic E-state index is 0.0945. The van der Waals surface area contributed by atoms with E-state index in [9.17, 15) is 4.79 Å². The SMILES string of the molecule is CCOC(OCC)C1CCc2ccc(OC)cc2C1=O. The fraction of sp³-hybridized carbons (Fsp3) is 0.562. The molecule has 0 fully saturated rings. The zero-order chi connectivity index (χ0) is 14.5. The summed E-state index contributed by atoms with van der Waals surface area (Å²) in [7, 11) is 1.61. The quantitative estimate of drug-likeness (QED) is 0.751. The smallest absolute Gasteiger partial charge is 0.171 e. The number of Topliss-reactive ketones (excluding diaryl/α,β-unsaturated/α-hetero) is 1. The first-order valence-electron chi connectivity index (χ1n) is 7.15. The Morgan fingerprint density at radius 1 is 1.25 bits per heavy atom. The molecule has 1 aromatic rings. The molecule has 0 aromatic heterocycles. The molecule has 0 saturated carbocycles. The van der Waals surface area contributed by atoms with Crippen LogP contribution in [0, 0.1) is 5.92 Å². The Hall–Kier alpha value is -1.39. The highest BCUT2D eigenvalue weighted by Gasteiger charge is 2.34. The molecule has 0 saturated heterocycles. The molecular formula is C16H22O4. The Balaban J connectivity index is 2.24. The number of ether oxygens (including phenoxy) is 3. The highest BCUT2D eigenvalue weighted by molar-refractivity contribution is 6.00. The van der Waals surface area contributed by atoms with Crippen LogP contribution in [0.3, 0.4) is 0 Å². The van der Waals surface area contributed by atoms with Gasteiger partial charge < -0.3 is 14.2 Å². The predicted molar refractivity (Wildman–Crippen MR) is 76.2 cm³/mol. The molecule has 0 bridgehead atoms. The van der Waals surface area contributed by atoms with Crippen molar-refractivity contribution in [2.24, 2.45) is 5.92 Å². The van der Waals surface area contributed by atoms with Crippen LogP contribution in [0.25, 0.3) is 0 Å². The first-order valence-corrected chi connectivity index (χ1v) is 7.15. The maximum atomic E-state index is 12.7. The minimum Gasteiger partial charge on any atom is -0.497 e. The average Bonchev–Trinajstić information content (AvgIpc) is 2.47. The summed E-state index contributed by atoms with van der Waals surface area (Å²) >= 11 is 0. The molecule has 1 atom stereocenters. The first kappa shape index (κ1) is 15.0. The number of ketones is 1. The van der Waals surface area contributed by atoms with Crippen LogP contribution in [0.1, 0.15) is 36.2 Å². The second kappa shape index (κ2) is 6.86. The highest BCUT2D eigenvalue weighted by Crippen LogP contribution is 2.31. The third-order valence-electron chi connectivity index (χ3n) is 3.63. The van der Waals surface area contributed by atoms with E-state index in [1.165, 1.54) is 0 Å². The van der Waals surface area contributed by atoms with Crippen molar-refractivity contribution in [2.75, 3.05) is 20.3 Å².